The summed E-state index contributed by atoms with van der Waals surface area (Å²) in [4.78, 5) is 17.6. The minimum Gasteiger partial charge on any atom is -0.380 e. The van der Waals surface area contributed by atoms with Crippen molar-refractivity contribution in [2.24, 2.45) is 5.92 Å². The molecule has 1 aromatic rings. The predicted molar refractivity (Wildman–Crippen MR) is 96.9 cm³/mol. The van der Waals surface area contributed by atoms with Gasteiger partial charge in [0.05, 0.1) is 11.7 Å². The Morgan fingerprint density at radius 2 is 1.72 bits per heavy atom. The molecule has 2 heterocycles. The molecule has 3 fully saturated rings. The summed E-state index contributed by atoms with van der Waals surface area (Å²) < 4.78 is 13.8. The first-order valence-electron chi connectivity index (χ1n) is 9.76. The van der Waals surface area contributed by atoms with Crippen molar-refractivity contribution in [2.45, 2.75) is 50.6 Å². The van der Waals surface area contributed by atoms with Gasteiger partial charge in [0.2, 0.25) is 5.91 Å². The molecule has 3 aliphatic rings. The minimum absolute atomic E-state index is 0.124. The summed E-state index contributed by atoms with van der Waals surface area (Å²) in [7, 11) is 0. The van der Waals surface area contributed by atoms with Crippen molar-refractivity contribution in [1.29, 1.82) is 0 Å². The standard InChI is InChI=1S/C20H28FN3O/c21-17-5-1-2-6-18(17)22-16-9-13-24(14-10-16)20(25)19(15-7-8-15)23-11-3-4-12-23/h1-2,5-6,15-16,19,22H,3-4,7-14H2/t19-/m1/s1. The van der Waals surface area contributed by atoms with Crippen molar-refractivity contribution >= 4 is 11.6 Å². The third kappa shape index (κ3) is 3.81. The molecule has 4 nitrogen and oxygen atoms in total. The lowest BCUT2D eigenvalue weighted by atomic mass is 10.0. The van der Waals surface area contributed by atoms with Gasteiger partial charge in [-0.1, -0.05) is 12.1 Å². The Bertz CT molecular complexity index is 605. The van der Waals surface area contributed by atoms with E-state index in [4.69, 9.17) is 0 Å². The van der Waals surface area contributed by atoms with E-state index in [1.54, 1.807) is 12.1 Å². The number of carbonyl (C=O) groups is 1. The SMILES string of the molecule is O=C([C@@H](C1CC1)N1CCCC1)N1CCC(Nc2ccccc2F)CC1. The molecule has 0 unspecified atom stereocenters. The number of para-hydroxylation sites is 1. The van der Waals surface area contributed by atoms with Gasteiger partial charge in [-0.05, 0) is 69.7 Å². The zero-order valence-electron chi connectivity index (χ0n) is 14.8. The highest BCUT2D eigenvalue weighted by Gasteiger charge is 2.43. The summed E-state index contributed by atoms with van der Waals surface area (Å²) in [6.07, 6.45) is 6.64. The number of piperidine rings is 1. The maximum absolute atomic E-state index is 13.8. The van der Waals surface area contributed by atoms with Crippen LogP contribution in [0, 0.1) is 11.7 Å². The quantitative estimate of drug-likeness (QED) is 0.891. The number of anilines is 1. The van der Waals surface area contributed by atoms with Crippen LogP contribution in [-0.2, 0) is 4.79 Å². The number of halogens is 1. The number of amides is 1. The summed E-state index contributed by atoms with van der Waals surface area (Å²) in [5.41, 5.74) is 0.570. The fourth-order valence-electron chi connectivity index (χ4n) is 4.32. The molecule has 2 aliphatic heterocycles. The highest BCUT2D eigenvalue weighted by molar-refractivity contribution is 5.82. The van der Waals surface area contributed by atoms with Crippen LogP contribution in [0.3, 0.4) is 0 Å². The lowest BCUT2D eigenvalue weighted by Crippen LogP contribution is -2.52. The first-order chi connectivity index (χ1) is 12.2. The molecule has 1 N–H and O–H groups in total. The van der Waals surface area contributed by atoms with Gasteiger partial charge < -0.3 is 10.2 Å². The van der Waals surface area contributed by atoms with Crippen LogP contribution in [0.5, 0.6) is 0 Å². The number of carbonyl (C=O) groups excluding carboxylic acids is 1. The Balaban J connectivity index is 1.33. The molecular weight excluding hydrogens is 317 g/mol. The predicted octanol–water partition coefficient (Wildman–Crippen LogP) is 3.10. The van der Waals surface area contributed by atoms with Crippen molar-refractivity contribution < 1.29 is 9.18 Å². The molecule has 136 valence electrons. The van der Waals surface area contributed by atoms with Crippen molar-refractivity contribution in [1.82, 2.24) is 9.80 Å². The fourth-order valence-corrected chi connectivity index (χ4v) is 4.32. The highest BCUT2D eigenvalue weighted by atomic mass is 19.1. The number of likely N-dealkylation sites (tertiary alicyclic amines) is 2. The Morgan fingerprint density at radius 3 is 2.36 bits per heavy atom. The topological polar surface area (TPSA) is 35.6 Å². The lowest BCUT2D eigenvalue weighted by Gasteiger charge is -2.37. The molecular formula is C20H28FN3O. The summed E-state index contributed by atoms with van der Waals surface area (Å²) in [6.45, 7) is 3.72. The average Bonchev–Trinajstić information content (AvgIpc) is 3.31. The Hall–Kier alpha value is -1.62. The number of rotatable bonds is 5. The summed E-state index contributed by atoms with van der Waals surface area (Å²) in [6, 6.07) is 7.18. The molecule has 0 aromatic heterocycles. The number of nitrogens with one attached hydrogen (secondary N) is 1. The second-order valence-corrected chi connectivity index (χ2v) is 7.75. The third-order valence-corrected chi connectivity index (χ3v) is 5.90. The zero-order valence-corrected chi connectivity index (χ0v) is 14.8. The van der Waals surface area contributed by atoms with Crippen LogP contribution in [0.4, 0.5) is 10.1 Å². The average molecular weight is 345 g/mol. The van der Waals surface area contributed by atoms with Crippen LogP contribution in [0.2, 0.25) is 0 Å². The van der Waals surface area contributed by atoms with Crippen LogP contribution < -0.4 is 5.32 Å². The van der Waals surface area contributed by atoms with E-state index in [1.165, 1.54) is 31.7 Å². The maximum atomic E-state index is 13.8. The van der Waals surface area contributed by atoms with Crippen LogP contribution >= 0.6 is 0 Å². The number of benzene rings is 1. The van der Waals surface area contributed by atoms with Crippen molar-refractivity contribution in [3.05, 3.63) is 30.1 Å². The summed E-state index contributed by atoms with van der Waals surface area (Å²) in [5, 5.41) is 3.30. The number of nitrogens with zero attached hydrogens (tertiary/aromatic N) is 2. The van der Waals surface area contributed by atoms with Gasteiger partial charge in [0.25, 0.3) is 0 Å². The molecule has 1 atom stereocenters. The van der Waals surface area contributed by atoms with Crippen LogP contribution in [-0.4, -0.2) is 54.0 Å². The van der Waals surface area contributed by atoms with Gasteiger partial charge in [-0.25, -0.2) is 4.39 Å². The monoisotopic (exact) mass is 345 g/mol. The van der Waals surface area contributed by atoms with E-state index in [2.05, 4.69) is 15.1 Å². The summed E-state index contributed by atoms with van der Waals surface area (Å²) in [5.74, 6) is 0.720. The van der Waals surface area contributed by atoms with E-state index in [0.717, 1.165) is 39.0 Å². The normalized spacial score (nSPS) is 23.6. The molecule has 0 bridgehead atoms. The van der Waals surface area contributed by atoms with E-state index in [0.29, 0.717) is 17.5 Å². The molecule has 1 aromatic carbocycles. The molecule has 1 aliphatic carbocycles. The Kier molecular flexibility index (Phi) is 4.93. The number of hydrogen-bond donors (Lipinski definition) is 1. The lowest BCUT2D eigenvalue weighted by molar-refractivity contribution is -0.138. The van der Waals surface area contributed by atoms with E-state index >= 15 is 0 Å². The third-order valence-electron chi connectivity index (χ3n) is 5.90. The van der Waals surface area contributed by atoms with Crippen molar-refractivity contribution in [3.63, 3.8) is 0 Å². The van der Waals surface area contributed by atoms with Gasteiger partial charge in [-0.2, -0.15) is 0 Å². The van der Waals surface area contributed by atoms with Crippen LogP contribution in [0.15, 0.2) is 24.3 Å². The van der Waals surface area contributed by atoms with E-state index in [9.17, 15) is 9.18 Å². The zero-order chi connectivity index (χ0) is 17.2. The van der Waals surface area contributed by atoms with Crippen LogP contribution in [0.1, 0.15) is 38.5 Å². The molecule has 1 amide bonds. The van der Waals surface area contributed by atoms with Crippen molar-refractivity contribution in [3.8, 4) is 0 Å². The first-order valence-corrected chi connectivity index (χ1v) is 9.76. The highest BCUT2D eigenvalue weighted by Crippen LogP contribution is 2.38. The fraction of sp³-hybridized carbons (Fsp3) is 0.650. The van der Waals surface area contributed by atoms with Gasteiger partial charge in [-0.3, -0.25) is 9.69 Å². The Morgan fingerprint density at radius 1 is 1.04 bits per heavy atom. The molecule has 0 radical (unpaired) electrons. The van der Waals surface area contributed by atoms with Crippen LogP contribution in [0.25, 0.3) is 0 Å². The van der Waals surface area contributed by atoms with Gasteiger partial charge >= 0.3 is 0 Å². The molecule has 0 spiro atoms. The molecule has 5 heteroatoms. The van der Waals surface area contributed by atoms with Crippen molar-refractivity contribution in [2.75, 3.05) is 31.5 Å². The second kappa shape index (κ2) is 7.32. The van der Waals surface area contributed by atoms with E-state index in [1.807, 2.05) is 6.07 Å². The first kappa shape index (κ1) is 16.8. The largest absolute Gasteiger partial charge is 0.380 e. The van der Waals surface area contributed by atoms with E-state index < -0.39 is 0 Å². The molecule has 4 rings (SSSR count). The number of hydrogen-bond acceptors (Lipinski definition) is 3. The Labute approximate surface area is 149 Å². The van der Waals surface area contributed by atoms with Gasteiger partial charge in [0.15, 0.2) is 0 Å². The summed E-state index contributed by atoms with van der Waals surface area (Å²) >= 11 is 0. The molecule has 2 saturated heterocycles. The minimum atomic E-state index is -0.205. The van der Waals surface area contributed by atoms with Gasteiger partial charge in [-0.15, -0.1) is 0 Å². The molecule has 25 heavy (non-hydrogen) atoms. The van der Waals surface area contributed by atoms with Gasteiger partial charge in [0.1, 0.15) is 5.82 Å². The maximum Gasteiger partial charge on any atom is 0.240 e. The van der Waals surface area contributed by atoms with E-state index in [-0.39, 0.29) is 17.9 Å². The van der Waals surface area contributed by atoms with Gasteiger partial charge in [0, 0.05) is 19.1 Å². The molecule has 1 saturated carbocycles. The smallest absolute Gasteiger partial charge is 0.240 e. The second-order valence-electron chi connectivity index (χ2n) is 7.75.